The summed E-state index contributed by atoms with van der Waals surface area (Å²) < 4.78 is 77.3. The van der Waals surface area contributed by atoms with Crippen LogP contribution >= 0.6 is 0 Å². The van der Waals surface area contributed by atoms with Crippen LogP contribution in [-0.4, -0.2) is 19.7 Å². The number of nitriles is 1. The van der Waals surface area contributed by atoms with E-state index in [4.69, 9.17) is 0 Å². The van der Waals surface area contributed by atoms with Crippen LogP contribution in [0.3, 0.4) is 0 Å². The SMILES string of the molecule is CC(F)CCc1cc(O)ccc1C=C(C#N)S(=O)(=O)c1cccc(C(F)(F)F)c1. The molecule has 0 aliphatic carbocycles. The lowest BCUT2D eigenvalue weighted by atomic mass is 10.0. The summed E-state index contributed by atoms with van der Waals surface area (Å²) in [6.07, 6.45) is -4.60. The van der Waals surface area contributed by atoms with Gasteiger partial charge in [-0.05, 0) is 67.3 Å². The molecular weight excluding hydrogens is 410 g/mol. The number of phenolic OH excluding ortho intramolecular Hbond substituents is 1. The quantitative estimate of drug-likeness (QED) is 0.518. The summed E-state index contributed by atoms with van der Waals surface area (Å²) in [4.78, 5) is -1.44. The number of aromatic hydroxyl groups is 1. The lowest BCUT2D eigenvalue weighted by Gasteiger charge is -2.10. The van der Waals surface area contributed by atoms with Crippen molar-refractivity contribution in [1.82, 2.24) is 0 Å². The van der Waals surface area contributed by atoms with E-state index in [1.54, 1.807) is 0 Å². The molecule has 0 aliphatic heterocycles. The van der Waals surface area contributed by atoms with E-state index in [1.807, 2.05) is 0 Å². The Morgan fingerprint density at radius 3 is 2.52 bits per heavy atom. The molecule has 0 saturated carbocycles. The molecule has 0 bridgehead atoms. The molecule has 0 heterocycles. The molecule has 0 amide bonds. The predicted octanol–water partition coefficient (Wildman–Crippen LogP) is 5.04. The number of phenols is 1. The smallest absolute Gasteiger partial charge is 0.416 e. The molecule has 154 valence electrons. The molecule has 1 atom stereocenters. The summed E-state index contributed by atoms with van der Waals surface area (Å²) in [6, 6.07) is 8.55. The number of rotatable bonds is 6. The third-order valence-electron chi connectivity index (χ3n) is 4.10. The van der Waals surface area contributed by atoms with Crippen LogP contribution in [-0.2, 0) is 22.4 Å². The van der Waals surface area contributed by atoms with Crippen molar-refractivity contribution >= 4 is 15.9 Å². The third kappa shape index (κ3) is 5.57. The van der Waals surface area contributed by atoms with Crippen molar-refractivity contribution in [2.24, 2.45) is 0 Å². The van der Waals surface area contributed by atoms with Gasteiger partial charge in [-0.15, -0.1) is 0 Å². The summed E-state index contributed by atoms with van der Waals surface area (Å²) in [7, 11) is -4.53. The Labute approximate surface area is 165 Å². The van der Waals surface area contributed by atoms with Gasteiger partial charge in [0, 0.05) is 0 Å². The molecule has 0 fully saturated rings. The number of halogens is 4. The minimum Gasteiger partial charge on any atom is -0.508 e. The van der Waals surface area contributed by atoms with E-state index in [2.05, 4.69) is 0 Å². The molecule has 2 aromatic carbocycles. The fourth-order valence-electron chi connectivity index (χ4n) is 2.58. The molecule has 9 heteroatoms. The van der Waals surface area contributed by atoms with Crippen molar-refractivity contribution in [2.75, 3.05) is 0 Å². The van der Waals surface area contributed by atoms with Gasteiger partial charge < -0.3 is 5.11 Å². The molecule has 1 unspecified atom stereocenters. The fraction of sp³-hybridized carbons (Fsp3) is 0.250. The summed E-state index contributed by atoms with van der Waals surface area (Å²) in [5.41, 5.74) is -0.504. The van der Waals surface area contributed by atoms with Gasteiger partial charge >= 0.3 is 6.18 Å². The monoisotopic (exact) mass is 427 g/mol. The van der Waals surface area contributed by atoms with E-state index in [0.717, 1.165) is 24.3 Å². The van der Waals surface area contributed by atoms with E-state index in [9.17, 15) is 36.3 Å². The summed E-state index contributed by atoms with van der Waals surface area (Å²) in [6.45, 7) is 1.34. The molecule has 4 nitrogen and oxygen atoms in total. The van der Waals surface area contributed by atoms with E-state index >= 15 is 0 Å². The van der Waals surface area contributed by atoms with Gasteiger partial charge in [0.25, 0.3) is 0 Å². The van der Waals surface area contributed by atoms with Gasteiger partial charge in [-0.2, -0.15) is 18.4 Å². The third-order valence-corrected chi connectivity index (χ3v) is 5.76. The fourth-order valence-corrected chi connectivity index (χ4v) is 3.78. The number of hydrogen-bond acceptors (Lipinski definition) is 4. The van der Waals surface area contributed by atoms with Gasteiger partial charge in [0.15, 0.2) is 0 Å². The highest BCUT2D eigenvalue weighted by atomic mass is 32.2. The van der Waals surface area contributed by atoms with E-state index in [0.29, 0.717) is 11.6 Å². The molecule has 0 spiro atoms. The summed E-state index contributed by atoms with van der Waals surface area (Å²) in [5, 5.41) is 19.0. The number of sulfone groups is 1. The first-order valence-corrected chi connectivity index (χ1v) is 9.93. The Morgan fingerprint density at radius 1 is 1.24 bits per heavy atom. The maximum Gasteiger partial charge on any atom is 0.416 e. The number of alkyl halides is 4. The second-order valence-electron chi connectivity index (χ2n) is 6.35. The Bertz CT molecular complexity index is 1070. The van der Waals surface area contributed by atoms with Crippen LogP contribution in [0.4, 0.5) is 17.6 Å². The number of nitrogens with zero attached hydrogens (tertiary/aromatic N) is 1. The Balaban J connectivity index is 2.54. The van der Waals surface area contributed by atoms with Gasteiger partial charge in [0.05, 0.1) is 16.6 Å². The number of hydrogen-bond donors (Lipinski definition) is 1. The molecule has 29 heavy (non-hydrogen) atoms. The zero-order valence-corrected chi connectivity index (χ0v) is 16.1. The lowest BCUT2D eigenvalue weighted by molar-refractivity contribution is -0.137. The molecule has 2 aromatic rings. The number of aryl methyl sites for hydroxylation is 1. The van der Waals surface area contributed by atoms with Gasteiger partial charge in [0.1, 0.15) is 16.7 Å². The molecular formula is C20H17F4NO3S. The van der Waals surface area contributed by atoms with E-state index < -0.39 is 37.5 Å². The van der Waals surface area contributed by atoms with Gasteiger partial charge in [-0.1, -0.05) is 12.1 Å². The van der Waals surface area contributed by atoms with Crippen LogP contribution < -0.4 is 0 Å². The Kier molecular flexibility index (Phi) is 6.69. The van der Waals surface area contributed by atoms with Crippen molar-refractivity contribution in [1.29, 1.82) is 5.26 Å². The van der Waals surface area contributed by atoms with Crippen molar-refractivity contribution in [3.63, 3.8) is 0 Å². The van der Waals surface area contributed by atoms with Gasteiger partial charge in [-0.25, -0.2) is 12.8 Å². The van der Waals surface area contributed by atoms with Crippen molar-refractivity contribution in [2.45, 2.75) is 37.0 Å². The maximum absolute atomic E-state index is 13.2. The zero-order chi connectivity index (χ0) is 21.8. The largest absolute Gasteiger partial charge is 0.508 e. The molecule has 0 saturated heterocycles. The molecule has 0 radical (unpaired) electrons. The predicted molar refractivity (Wildman–Crippen MR) is 99.2 cm³/mol. The van der Waals surface area contributed by atoms with Gasteiger partial charge in [0.2, 0.25) is 9.84 Å². The van der Waals surface area contributed by atoms with Crippen LogP contribution in [0.2, 0.25) is 0 Å². The first-order chi connectivity index (χ1) is 13.4. The minimum absolute atomic E-state index is 0.104. The van der Waals surface area contributed by atoms with Gasteiger partial charge in [-0.3, -0.25) is 0 Å². The number of allylic oxidation sites excluding steroid dienone is 1. The van der Waals surface area contributed by atoms with Crippen molar-refractivity contribution < 1.29 is 31.1 Å². The average molecular weight is 427 g/mol. The molecule has 0 aliphatic rings. The van der Waals surface area contributed by atoms with Crippen LogP contribution in [0.5, 0.6) is 5.75 Å². The first-order valence-electron chi connectivity index (χ1n) is 8.45. The minimum atomic E-state index is -4.74. The zero-order valence-electron chi connectivity index (χ0n) is 15.2. The Hall–Kier alpha value is -2.86. The highest BCUT2D eigenvalue weighted by Gasteiger charge is 2.32. The highest BCUT2D eigenvalue weighted by Crippen LogP contribution is 2.32. The van der Waals surface area contributed by atoms with Crippen LogP contribution in [0.15, 0.2) is 52.3 Å². The van der Waals surface area contributed by atoms with Crippen LogP contribution in [0, 0.1) is 11.3 Å². The lowest BCUT2D eigenvalue weighted by Crippen LogP contribution is -2.09. The van der Waals surface area contributed by atoms with Crippen LogP contribution in [0.1, 0.15) is 30.0 Å². The normalized spacial score (nSPS) is 13.7. The second kappa shape index (κ2) is 8.66. The maximum atomic E-state index is 13.2. The molecule has 1 N–H and O–H groups in total. The highest BCUT2D eigenvalue weighted by molar-refractivity contribution is 7.95. The summed E-state index contributed by atoms with van der Waals surface area (Å²) in [5.74, 6) is -0.122. The summed E-state index contributed by atoms with van der Waals surface area (Å²) >= 11 is 0. The molecule has 2 rings (SSSR count). The standard InChI is InChI=1S/C20H17F4NO3S/c1-13(21)5-6-14-9-17(26)8-7-15(14)10-19(12-25)29(27,28)18-4-2-3-16(11-18)20(22,23)24/h2-4,7-11,13,26H,5-6H2,1H3. The second-order valence-corrected chi connectivity index (χ2v) is 8.27. The molecule has 0 aromatic heterocycles. The van der Waals surface area contributed by atoms with E-state index in [-0.39, 0.29) is 24.2 Å². The first kappa shape index (κ1) is 22.4. The topological polar surface area (TPSA) is 78.2 Å². The number of benzene rings is 2. The van der Waals surface area contributed by atoms with Crippen molar-refractivity contribution in [3.05, 3.63) is 64.1 Å². The van der Waals surface area contributed by atoms with Crippen LogP contribution in [0.25, 0.3) is 6.08 Å². The van der Waals surface area contributed by atoms with E-state index in [1.165, 1.54) is 31.2 Å². The van der Waals surface area contributed by atoms with Crippen molar-refractivity contribution in [3.8, 4) is 11.8 Å². The average Bonchev–Trinajstić information content (AvgIpc) is 2.64. The Morgan fingerprint density at radius 2 is 1.93 bits per heavy atom.